The fraction of sp³-hybridized carbons (Fsp3) is 0.333. The van der Waals surface area contributed by atoms with Crippen LogP contribution in [-0.4, -0.2) is 9.42 Å². The molecule has 0 radical (unpaired) electrons. The number of hydrogen-bond acceptors (Lipinski definition) is 2. The summed E-state index contributed by atoms with van der Waals surface area (Å²) < 4.78 is -0.155. The lowest BCUT2D eigenvalue weighted by Crippen LogP contribution is -1.84. The summed E-state index contributed by atoms with van der Waals surface area (Å²) in [6.07, 6.45) is 3.32. The molecule has 58 valence electrons. The van der Waals surface area contributed by atoms with Crippen LogP contribution >= 0.6 is 44.8 Å². The van der Waals surface area contributed by atoms with Crippen LogP contribution in [0.15, 0.2) is 25.3 Å². The molecule has 0 aromatic rings. The van der Waals surface area contributed by atoms with Gasteiger partial charge in [0.1, 0.15) is 9.42 Å². The second-order valence-corrected chi connectivity index (χ2v) is 5.38. The molecule has 0 bridgehead atoms. The second-order valence-electron chi connectivity index (χ2n) is 1.37. The molecule has 0 nitrogen and oxygen atoms in total. The quantitative estimate of drug-likeness (QED) is 0.388. The Kier molecular flexibility index (Phi) is 6.96. The molecule has 4 heteroatoms. The number of hydrogen-bond donors (Lipinski definition) is 0. The third-order valence-corrected chi connectivity index (χ3v) is 4.58. The molecule has 0 aromatic heterocycles. The lowest BCUT2D eigenvalue weighted by atomic mass is 10.8. The maximum atomic E-state index is 5.70. The minimum atomic E-state index is -0.0776. The molecule has 0 amide bonds. The topological polar surface area (TPSA) is 0 Å². The zero-order valence-electron chi connectivity index (χ0n) is 5.30. The van der Waals surface area contributed by atoms with E-state index in [2.05, 4.69) is 13.2 Å². The normalized spacial score (nSPS) is 15.8. The first kappa shape index (κ1) is 10.8. The van der Waals surface area contributed by atoms with E-state index >= 15 is 0 Å². The Bertz CT molecular complexity index is 102. The highest BCUT2D eigenvalue weighted by Crippen LogP contribution is 2.35. The first-order valence-corrected chi connectivity index (χ1v) is 5.71. The van der Waals surface area contributed by atoms with Crippen molar-refractivity contribution in [2.75, 3.05) is 0 Å². The average Bonchev–Trinajstić information content (AvgIpc) is 1.99. The predicted molar refractivity (Wildman–Crippen MR) is 54.9 cm³/mol. The molecule has 0 rings (SSSR count). The van der Waals surface area contributed by atoms with Gasteiger partial charge in [0.15, 0.2) is 0 Å². The highest BCUT2D eigenvalue weighted by molar-refractivity contribution is 8.77. The standard InChI is InChI=1S/C6H8Cl2S2/c1-3-5(7)9-10-6(8)4-2/h3-6H,1-2H2. The molecule has 2 unspecified atom stereocenters. The van der Waals surface area contributed by atoms with Crippen LogP contribution in [0, 0.1) is 0 Å². The molecule has 0 aliphatic rings. The molecular formula is C6H8Cl2S2. The van der Waals surface area contributed by atoms with Crippen molar-refractivity contribution in [2.45, 2.75) is 9.42 Å². The molecule has 0 spiro atoms. The zero-order chi connectivity index (χ0) is 7.98. The lowest BCUT2D eigenvalue weighted by Gasteiger charge is -2.03. The summed E-state index contributed by atoms with van der Waals surface area (Å²) in [5.41, 5.74) is 0. The number of rotatable bonds is 5. The smallest absolute Gasteiger partial charge is 0.106 e. The molecule has 0 aromatic carbocycles. The van der Waals surface area contributed by atoms with Gasteiger partial charge in [0.05, 0.1) is 0 Å². The summed E-state index contributed by atoms with van der Waals surface area (Å²) in [5.74, 6) is 0. The van der Waals surface area contributed by atoms with Gasteiger partial charge in [-0.1, -0.05) is 33.7 Å². The fourth-order valence-electron chi connectivity index (χ4n) is 0.185. The Morgan fingerprint density at radius 2 is 1.30 bits per heavy atom. The van der Waals surface area contributed by atoms with Crippen LogP contribution in [0.1, 0.15) is 0 Å². The Balaban J connectivity index is 3.34. The first-order chi connectivity index (χ1) is 4.70. The summed E-state index contributed by atoms with van der Waals surface area (Å²) in [5, 5.41) is 0. The maximum absolute atomic E-state index is 5.70. The minimum Gasteiger partial charge on any atom is -0.106 e. The first-order valence-electron chi connectivity index (χ1n) is 2.56. The highest BCUT2D eigenvalue weighted by Gasteiger charge is 2.03. The molecular weight excluding hydrogens is 207 g/mol. The van der Waals surface area contributed by atoms with Crippen LogP contribution in [0.25, 0.3) is 0 Å². The summed E-state index contributed by atoms with van der Waals surface area (Å²) in [7, 11) is 2.94. The van der Waals surface area contributed by atoms with Crippen molar-refractivity contribution in [1.82, 2.24) is 0 Å². The summed E-state index contributed by atoms with van der Waals surface area (Å²) in [4.78, 5) is 0. The van der Waals surface area contributed by atoms with Gasteiger partial charge in [-0.05, 0) is 0 Å². The largest absolute Gasteiger partial charge is 0.107 e. The van der Waals surface area contributed by atoms with E-state index in [1.807, 2.05) is 0 Å². The van der Waals surface area contributed by atoms with Crippen molar-refractivity contribution in [1.29, 1.82) is 0 Å². The van der Waals surface area contributed by atoms with Gasteiger partial charge >= 0.3 is 0 Å². The van der Waals surface area contributed by atoms with Crippen molar-refractivity contribution < 1.29 is 0 Å². The van der Waals surface area contributed by atoms with Crippen LogP contribution in [0.4, 0.5) is 0 Å². The molecule has 0 aliphatic heterocycles. The molecule has 0 fully saturated rings. The molecule has 2 atom stereocenters. The molecule has 0 saturated heterocycles. The summed E-state index contributed by atoms with van der Waals surface area (Å²) >= 11 is 11.4. The molecule has 10 heavy (non-hydrogen) atoms. The van der Waals surface area contributed by atoms with Gasteiger partial charge in [-0.25, -0.2) is 0 Å². The van der Waals surface area contributed by atoms with E-state index in [-0.39, 0.29) is 9.42 Å². The van der Waals surface area contributed by atoms with Crippen LogP contribution in [0.3, 0.4) is 0 Å². The van der Waals surface area contributed by atoms with Gasteiger partial charge in [-0.2, -0.15) is 0 Å². The molecule has 0 saturated carbocycles. The van der Waals surface area contributed by atoms with Crippen LogP contribution in [-0.2, 0) is 0 Å². The van der Waals surface area contributed by atoms with Gasteiger partial charge in [0.25, 0.3) is 0 Å². The fourth-order valence-corrected chi connectivity index (χ4v) is 2.42. The molecule has 0 aliphatic carbocycles. The average molecular weight is 215 g/mol. The highest BCUT2D eigenvalue weighted by atomic mass is 35.5. The van der Waals surface area contributed by atoms with E-state index in [9.17, 15) is 0 Å². The van der Waals surface area contributed by atoms with Gasteiger partial charge in [-0.3, -0.25) is 0 Å². The number of halogens is 2. The molecule has 0 heterocycles. The van der Waals surface area contributed by atoms with E-state index < -0.39 is 0 Å². The summed E-state index contributed by atoms with van der Waals surface area (Å²) in [6.45, 7) is 7.06. The Morgan fingerprint density at radius 1 is 1.00 bits per heavy atom. The van der Waals surface area contributed by atoms with E-state index in [4.69, 9.17) is 23.2 Å². The van der Waals surface area contributed by atoms with Crippen molar-refractivity contribution in [3.8, 4) is 0 Å². The van der Waals surface area contributed by atoms with Gasteiger partial charge in [0, 0.05) is 0 Å². The Morgan fingerprint density at radius 3 is 1.50 bits per heavy atom. The van der Waals surface area contributed by atoms with Crippen molar-refractivity contribution in [3.63, 3.8) is 0 Å². The van der Waals surface area contributed by atoms with Gasteiger partial charge in [0.2, 0.25) is 0 Å². The maximum Gasteiger partial charge on any atom is 0.107 e. The third kappa shape index (κ3) is 5.54. The van der Waals surface area contributed by atoms with E-state index in [1.165, 1.54) is 21.6 Å². The van der Waals surface area contributed by atoms with Crippen LogP contribution < -0.4 is 0 Å². The van der Waals surface area contributed by atoms with Crippen LogP contribution in [0.5, 0.6) is 0 Å². The van der Waals surface area contributed by atoms with Gasteiger partial charge in [-0.15, -0.1) is 36.4 Å². The Hall–Kier alpha value is 0.760. The third-order valence-electron chi connectivity index (χ3n) is 0.610. The number of alkyl halides is 2. The van der Waals surface area contributed by atoms with Crippen molar-refractivity contribution >= 4 is 44.8 Å². The van der Waals surface area contributed by atoms with Crippen LogP contribution in [0.2, 0.25) is 0 Å². The molecule has 0 N–H and O–H groups in total. The minimum absolute atomic E-state index is 0.0776. The van der Waals surface area contributed by atoms with Gasteiger partial charge < -0.3 is 0 Å². The predicted octanol–water partition coefficient (Wildman–Crippen LogP) is 3.87. The van der Waals surface area contributed by atoms with Crippen molar-refractivity contribution in [2.24, 2.45) is 0 Å². The van der Waals surface area contributed by atoms with E-state index in [1.54, 1.807) is 12.2 Å². The van der Waals surface area contributed by atoms with E-state index in [0.29, 0.717) is 0 Å². The summed E-state index contributed by atoms with van der Waals surface area (Å²) in [6, 6.07) is 0. The van der Waals surface area contributed by atoms with E-state index in [0.717, 1.165) is 0 Å². The van der Waals surface area contributed by atoms with Crippen molar-refractivity contribution in [3.05, 3.63) is 25.3 Å². The second kappa shape index (κ2) is 6.47. The lowest BCUT2D eigenvalue weighted by molar-refractivity contribution is 1.66. The Labute approximate surface area is 79.4 Å². The zero-order valence-corrected chi connectivity index (χ0v) is 8.44. The monoisotopic (exact) mass is 214 g/mol. The SMILES string of the molecule is C=CC(Cl)SSC(Cl)C=C.